The minimum atomic E-state index is -1.01. The number of benzene rings is 1. The summed E-state index contributed by atoms with van der Waals surface area (Å²) in [6, 6.07) is 6.87. The van der Waals surface area contributed by atoms with E-state index >= 15 is 0 Å². The molecule has 1 aromatic rings. The highest BCUT2D eigenvalue weighted by Gasteiger charge is 2.40. The van der Waals surface area contributed by atoms with Crippen LogP contribution in [-0.2, 0) is 14.3 Å². The lowest BCUT2D eigenvalue weighted by molar-refractivity contribution is -0.139. The lowest BCUT2D eigenvalue weighted by atomic mass is 9.88. The smallest absolute Gasteiger partial charge is 0.247 e. The fourth-order valence-corrected chi connectivity index (χ4v) is 5.00. The van der Waals surface area contributed by atoms with Crippen molar-refractivity contribution >= 4 is 34.4 Å². The van der Waals surface area contributed by atoms with E-state index < -0.39 is 18.2 Å². The number of unbranched alkanes of at least 4 members (excludes halogenated alkanes) is 1. The van der Waals surface area contributed by atoms with Gasteiger partial charge in [0.15, 0.2) is 0 Å². The molecule has 0 bridgehead atoms. The van der Waals surface area contributed by atoms with E-state index in [-0.39, 0.29) is 31.4 Å². The van der Waals surface area contributed by atoms with Gasteiger partial charge in [-0.25, -0.2) is 0 Å². The molecule has 10 heteroatoms. The van der Waals surface area contributed by atoms with Crippen molar-refractivity contribution in [1.29, 1.82) is 0 Å². The third-order valence-corrected chi connectivity index (χ3v) is 7.43. The first kappa shape index (κ1) is 28.8. The van der Waals surface area contributed by atoms with Crippen molar-refractivity contribution in [3.8, 4) is 5.75 Å². The molecule has 1 aliphatic heterocycles. The lowest BCUT2D eigenvalue weighted by Crippen LogP contribution is -2.56. The first-order valence-electron chi connectivity index (χ1n) is 12.7. The van der Waals surface area contributed by atoms with Crippen LogP contribution in [0.1, 0.15) is 32.6 Å². The summed E-state index contributed by atoms with van der Waals surface area (Å²) < 4.78 is 12.5. The van der Waals surface area contributed by atoms with Crippen LogP contribution < -0.4 is 10.1 Å². The van der Waals surface area contributed by atoms with E-state index in [9.17, 15) is 14.7 Å². The minimum Gasteiger partial charge on any atom is -0.482 e. The average Bonchev–Trinajstić information content (AvgIpc) is 2.89. The number of amides is 2. The van der Waals surface area contributed by atoms with E-state index in [0.717, 1.165) is 29.5 Å². The molecule has 1 aliphatic carbocycles. The molecule has 200 valence electrons. The SMILES string of the molecule is CCCCC(=O)N(CCN1CCOCC1)C1CC(C(=O)NCCO)=CC(Oc2ccccc2I)C1O. The van der Waals surface area contributed by atoms with Gasteiger partial charge in [-0.2, -0.15) is 0 Å². The van der Waals surface area contributed by atoms with Crippen LogP contribution in [0.5, 0.6) is 5.75 Å². The number of aliphatic hydroxyl groups excluding tert-OH is 2. The van der Waals surface area contributed by atoms with Gasteiger partial charge in [0.25, 0.3) is 0 Å². The average molecular weight is 616 g/mol. The van der Waals surface area contributed by atoms with Crippen molar-refractivity contribution in [3.63, 3.8) is 0 Å². The molecule has 3 atom stereocenters. The number of hydrogen-bond donors (Lipinski definition) is 3. The topological polar surface area (TPSA) is 112 Å². The number of ether oxygens (including phenoxy) is 2. The van der Waals surface area contributed by atoms with Crippen LogP contribution in [-0.4, -0.2) is 103 Å². The molecular weight excluding hydrogens is 577 g/mol. The number of carbonyl (C=O) groups is 2. The highest BCUT2D eigenvalue weighted by molar-refractivity contribution is 14.1. The van der Waals surface area contributed by atoms with Gasteiger partial charge in [0.05, 0.1) is 29.4 Å². The fraction of sp³-hybridized carbons (Fsp3) is 0.615. The molecule has 3 unspecified atom stereocenters. The Morgan fingerprint density at radius 3 is 2.72 bits per heavy atom. The number of halogens is 1. The molecule has 0 aromatic heterocycles. The van der Waals surface area contributed by atoms with Crippen molar-refractivity contribution in [3.05, 3.63) is 39.5 Å². The zero-order valence-electron chi connectivity index (χ0n) is 20.9. The first-order valence-corrected chi connectivity index (χ1v) is 13.8. The van der Waals surface area contributed by atoms with Gasteiger partial charge in [-0.3, -0.25) is 14.5 Å². The molecule has 3 N–H and O–H groups in total. The molecule has 2 amide bonds. The van der Waals surface area contributed by atoms with Gasteiger partial charge in [-0.15, -0.1) is 0 Å². The summed E-state index contributed by atoms with van der Waals surface area (Å²) in [6.07, 6.45) is 2.09. The molecule has 1 aromatic carbocycles. The van der Waals surface area contributed by atoms with Crippen LogP contribution in [0.15, 0.2) is 35.9 Å². The van der Waals surface area contributed by atoms with Crippen molar-refractivity contribution in [2.75, 3.05) is 52.5 Å². The van der Waals surface area contributed by atoms with Crippen molar-refractivity contribution in [2.24, 2.45) is 0 Å². The third-order valence-electron chi connectivity index (χ3n) is 6.54. The molecule has 0 radical (unpaired) electrons. The maximum atomic E-state index is 13.4. The summed E-state index contributed by atoms with van der Waals surface area (Å²) in [6.45, 7) is 6.05. The van der Waals surface area contributed by atoms with Gasteiger partial charge < -0.3 is 29.9 Å². The minimum absolute atomic E-state index is 0.0285. The Labute approximate surface area is 226 Å². The summed E-state index contributed by atoms with van der Waals surface area (Å²) >= 11 is 2.17. The number of carbonyl (C=O) groups excluding carboxylic acids is 2. The Morgan fingerprint density at radius 1 is 1.28 bits per heavy atom. The zero-order chi connectivity index (χ0) is 25.9. The maximum Gasteiger partial charge on any atom is 0.247 e. The summed E-state index contributed by atoms with van der Waals surface area (Å²) in [7, 11) is 0. The Kier molecular flexibility index (Phi) is 11.9. The first-order chi connectivity index (χ1) is 17.4. The summed E-state index contributed by atoms with van der Waals surface area (Å²) in [4.78, 5) is 30.3. The second-order valence-electron chi connectivity index (χ2n) is 9.09. The molecule has 36 heavy (non-hydrogen) atoms. The monoisotopic (exact) mass is 615 g/mol. The van der Waals surface area contributed by atoms with Crippen molar-refractivity contribution < 1.29 is 29.3 Å². The van der Waals surface area contributed by atoms with Crippen LogP contribution in [0.3, 0.4) is 0 Å². The standard InChI is InChI=1S/C26H38IN3O6/c1-2-3-8-24(32)30(11-10-29-12-15-35-16-13-29)21-17-19(26(34)28-9-14-31)18-23(25(21)33)36-22-7-5-4-6-20(22)27/h4-7,18,21,23,25,31,33H,2-3,8-17H2,1H3,(H,28,34). The quantitative estimate of drug-likeness (QED) is 0.306. The Bertz CT molecular complexity index is 892. The van der Waals surface area contributed by atoms with Crippen LogP contribution >= 0.6 is 22.6 Å². The number of para-hydroxylation sites is 1. The Morgan fingerprint density at radius 2 is 2.03 bits per heavy atom. The van der Waals surface area contributed by atoms with Gasteiger partial charge in [0.1, 0.15) is 18.0 Å². The molecule has 9 nitrogen and oxygen atoms in total. The van der Waals surface area contributed by atoms with Gasteiger partial charge in [-0.1, -0.05) is 25.5 Å². The molecule has 0 saturated carbocycles. The molecule has 3 rings (SSSR count). The van der Waals surface area contributed by atoms with Crippen molar-refractivity contribution in [1.82, 2.24) is 15.1 Å². The van der Waals surface area contributed by atoms with Crippen LogP contribution in [0, 0.1) is 3.57 Å². The number of nitrogens with one attached hydrogen (secondary N) is 1. The Hall–Kier alpha value is -1.73. The second kappa shape index (κ2) is 14.9. The number of hydrogen-bond acceptors (Lipinski definition) is 7. The fourth-order valence-electron chi connectivity index (χ4n) is 4.49. The largest absolute Gasteiger partial charge is 0.482 e. The van der Waals surface area contributed by atoms with Crippen LogP contribution in [0.4, 0.5) is 0 Å². The molecule has 1 heterocycles. The lowest BCUT2D eigenvalue weighted by Gasteiger charge is -2.41. The van der Waals surface area contributed by atoms with E-state index in [2.05, 4.69) is 32.8 Å². The van der Waals surface area contributed by atoms with E-state index in [1.54, 1.807) is 11.0 Å². The normalized spacial score (nSPS) is 22.6. The Balaban J connectivity index is 1.86. The van der Waals surface area contributed by atoms with E-state index in [1.165, 1.54) is 0 Å². The molecular formula is C26H38IN3O6. The summed E-state index contributed by atoms with van der Waals surface area (Å²) in [5, 5.41) is 23.3. The van der Waals surface area contributed by atoms with E-state index in [0.29, 0.717) is 44.0 Å². The second-order valence-corrected chi connectivity index (χ2v) is 10.3. The van der Waals surface area contributed by atoms with Crippen LogP contribution in [0.25, 0.3) is 0 Å². The number of aliphatic hydroxyl groups is 2. The predicted octanol–water partition coefficient (Wildman–Crippen LogP) is 1.56. The molecule has 1 saturated heterocycles. The van der Waals surface area contributed by atoms with Crippen LogP contribution in [0.2, 0.25) is 0 Å². The van der Waals surface area contributed by atoms with Gasteiger partial charge in [0, 0.05) is 51.1 Å². The molecule has 2 aliphatic rings. The predicted molar refractivity (Wildman–Crippen MR) is 145 cm³/mol. The molecule has 0 spiro atoms. The summed E-state index contributed by atoms with van der Waals surface area (Å²) in [5.41, 5.74) is 0.439. The summed E-state index contributed by atoms with van der Waals surface area (Å²) in [5.74, 6) is 0.247. The highest BCUT2D eigenvalue weighted by Crippen LogP contribution is 2.30. The number of rotatable bonds is 12. The van der Waals surface area contributed by atoms with Crippen molar-refractivity contribution in [2.45, 2.75) is 50.9 Å². The highest BCUT2D eigenvalue weighted by atomic mass is 127. The van der Waals surface area contributed by atoms with Gasteiger partial charge in [0.2, 0.25) is 11.8 Å². The van der Waals surface area contributed by atoms with E-state index in [4.69, 9.17) is 14.6 Å². The number of morpholine rings is 1. The van der Waals surface area contributed by atoms with Gasteiger partial charge in [-0.05, 0) is 47.2 Å². The van der Waals surface area contributed by atoms with Gasteiger partial charge >= 0.3 is 0 Å². The third kappa shape index (κ3) is 8.14. The maximum absolute atomic E-state index is 13.4. The zero-order valence-corrected chi connectivity index (χ0v) is 23.1. The molecule has 1 fully saturated rings. The number of nitrogens with zero attached hydrogens (tertiary/aromatic N) is 2. The van der Waals surface area contributed by atoms with E-state index in [1.807, 2.05) is 31.2 Å².